The average Bonchev–Trinajstić information content (AvgIpc) is 2.37. The predicted octanol–water partition coefficient (Wildman–Crippen LogP) is 1.16. The van der Waals surface area contributed by atoms with Gasteiger partial charge in [0.15, 0.2) is 0 Å². The number of nitrogens with zero attached hydrogens (tertiary/aromatic N) is 1. The first-order chi connectivity index (χ1) is 5.24. The Morgan fingerprint density at radius 2 is 2.64 bits per heavy atom. The molecule has 1 amide bonds. The number of hydrogen-bond donors (Lipinski definition) is 1. The van der Waals surface area contributed by atoms with Crippen molar-refractivity contribution in [2.75, 3.05) is 11.2 Å². The average molecular weight is 175 g/mol. The summed E-state index contributed by atoms with van der Waals surface area (Å²) >= 11 is 5.26. The van der Waals surface area contributed by atoms with Crippen molar-refractivity contribution in [2.45, 2.75) is 6.92 Å². The zero-order valence-electron chi connectivity index (χ0n) is 5.93. The molecule has 0 unspecified atom stereocenters. The maximum atomic E-state index is 10.7. The van der Waals surface area contributed by atoms with E-state index >= 15 is 0 Å². The van der Waals surface area contributed by atoms with E-state index in [9.17, 15) is 4.79 Å². The fraction of sp³-hybridized carbons (Fsp3) is 0.333. The molecule has 11 heavy (non-hydrogen) atoms. The van der Waals surface area contributed by atoms with Gasteiger partial charge in [-0.05, 0) is 6.92 Å². The molecule has 0 saturated carbocycles. The number of nitrogens with one attached hydrogen (secondary N) is 1. The van der Waals surface area contributed by atoms with E-state index in [4.69, 9.17) is 11.6 Å². The topological polar surface area (TPSA) is 55.1 Å². The lowest BCUT2D eigenvalue weighted by molar-refractivity contribution is -0.113. The first-order valence-electron chi connectivity index (χ1n) is 3.01. The van der Waals surface area contributed by atoms with Crippen molar-refractivity contribution in [2.24, 2.45) is 0 Å². The molecule has 0 saturated heterocycles. The molecule has 1 aromatic heterocycles. The van der Waals surface area contributed by atoms with Crippen LogP contribution < -0.4 is 5.32 Å². The number of alkyl halides is 1. The first-order valence-corrected chi connectivity index (χ1v) is 3.54. The van der Waals surface area contributed by atoms with E-state index in [1.165, 1.54) is 6.26 Å². The van der Waals surface area contributed by atoms with Crippen molar-refractivity contribution < 1.29 is 9.32 Å². The molecule has 0 aliphatic rings. The Kier molecular flexibility index (Phi) is 2.48. The molecule has 0 aliphatic heterocycles. The number of hydrogen-bond acceptors (Lipinski definition) is 3. The van der Waals surface area contributed by atoms with Crippen LogP contribution in [-0.4, -0.2) is 16.9 Å². The van der Waals surface area contributed by atoms with Gasteiger partial charge in [0, 0.05) is 0 Å². The van der Waals surface area contributed by atoms with Gasteiger partial charge in [-0.15, -0.1) is 11.6 Å². The highest BCUT2D eigenvalue weighted by Gasteiger charge is 2.05. The van der Waals surface area contributed by atoms with Gasteiger partial charge >= 0.3 is 0 Å². The number of halogens is 1. The maximum Gasteiger partial charge on any atom is 0.239 e. The zero-order valence-corrected chi connectivity index (χ0v) is 6.68. The molecule has 60 valence electrons. The molecular formula is C6H7ClN2O2. The molecule has 1 N–H and O–H groups in total. The number of rotatable bonds is 2. The number of amides is 1. The fourth-order valence-corrected chi connectivity index (χ4v) is 0.663. The Balaban J connectivity index is 2.64. The zero-order chi connectivity index (χ0) is 8.27. The van der Waals surface area contributed by atoms with Crippen LogP contribution in [-0.2, 0) is 4.79 Å². The van der Waals surface area contributed by atoms with Gasteiger partial charge in [0.05, 0.1) is 0 Å². The van der Waals surface area contributed by atoms with Gasteiger partial charge in [-0.2, -0.15) is 0 Å². The molecule has 1 heterocycles. The molecule has 0 fully saturated rings. The van der Waals surface area contributed by atoms with Crippen LogP contribution >= 0.6 is 11.6 Å². The van der Waals surface area contributed by atoms with E-state index in [1.54, 1.807) is 6.92 Å². The van der Waals surface area contributed by atoms with E-state index in [0.717, 1.165) is 0 Å². The highest BCUT2D eigenvalue weighted by molar-refractivity contribution is 6.29. The maximum absolute atomic E-state index is 10.7. The molecule has 0 bridgehead atoms. The molecular weight excluding hydrogens is 168 g/mol. The lowest BCUT2D eigenvalue weighted by Gasteiger charge is -1.96. The normalized spacial score (nSPS) is 9.64. The standard InChI is InChI=1S/C6H7ClN2O2/c1-4-5(3-11-9-4)8-6(10)2-7/h3H,2H2,1H3,(H,8,10). The summed E-state index contributed by atoms with van der Waals surface area (Å²) in [6.07, 6.45) is 1.36. The quantitative estimate of drug-likeness (QED) is 0.685. The fourth-order valence-electron chi connectivity index (χ4n) is 0.596. The Labute approximate surface area is 68.5 Å². The van der Waals surface area contributed by atoms with Gasteiger partial charge in [-0.1, -0.05) is 5.16 Å². The molecule has 1 aromatic rings. The van der Waals surface area contributed by atoms with Crippen molar-refractivity contribution in [3.63, 3.8) is 0 Å². The second-order valence-corrected chi connectivity index (χ2v) is 2.26. The summed E-state index contributed by atoms with van der Waals surface area (Å²) in [7, 11) is 0. The lowest BCUT2D eigenvalue weighted by atomic mass is 10.4. The van der Waals surface area contributed by atoms with Crippen molar-refractivity contribution in [1.29, 1.82) is 0 Å². The SMILES string of the molecule is Cc1nocc1NC(=O)CCl. The van der Waals surface area contributed by atoms with E-state index in [1.807, 2.05) is 0 Å². The minimum Gasteiger partial charge on any atom is -0.362 e. The number of aryl methyl sites for hydroxylation is 1. The number of anilines is 1. The monoisotopic (exact) mass is 174 g/mol. The Bertz CT molecular complexity index is 259. The van der Waals surface area contributed by atoms with Crippen molar-refractivity contribution in [3.05, 3.63) is 12.0 Å². The summed E-state index contributed by atoms with van der Waals surface area (Å²) in [4.78, 5) is 10.7. The molecule has 0 aromatic carbocycles. The molecule has 5 heteroatoms. The molecule has 0 aliphatic carbocycles. The van der Waals surface area contributed by atoms with Crippen LogP contribution in [0.5, 0.6) is 0 Å². The molecule has 1 rings (SSSR count). The summed E-state index contributed by atoms with van der Waals surface area (Å²) in [5.41, 5.74) is 1.21. The predicted molar refractivity (Wildman–Crippen MR) is 40.6 cm³/mol. The minimum atomic E-state index is -0.266. The van der Waals surface area contributed by atoms with Gasteiger partial charge in [0.2, 0.25) is 5.91 Å². The van der Waals surface area contributed by atoms with Crippen LogP contribution in [0.15, 0.2) is 10.8 Å². The largest absolute Gasteiger partial charge is 0.362 e. The van der Waals surface area contributed by atoms with Crippen LogP contribution in [0, 0.1) is 6.92 Å². The third-order valence-electron chi connectivity index (χ3n) is 1.15. The highest BCUT2D eigenvalue weighted by atomic mass is 35.5. The minimum absolute atomic E-state index is 0.0649. The second kappa shape index (κ2) is 3.39. The van der Waals surface area contributed by atoms with Crippen LogP contribution in [0.2, 0.25) is 0 Å². The highest BCUT2D eigenvalue weighted by Crippen LogP contribution is 2.10. The Hall–Kier alpha value is -1.03. The Morgan fingerprint density at radius 1 is 1.91 bits per heavy atom. The van der Waals surface area contributed by atoms with E-state index in [0.29, 0.717) is 11.4 Å². The van der Waals surface area contributed by atoms with Gasteiger partial charge in [-0.25, -0.2) is 0 Å². The van der Waals surface area contributed by atoms with Crippen LogP contribution in [0.25, 0.3) is 0 Å². The van der Waals surface area contributed by atoms with Crippen molar-refractivity contribution in [1.82, 2.24) is 5.16 Å². The molecule has 0 radical (unpaired) electrons. The second-order valence-electron chi connectivity index (χ2n) is 2.00. The van der Waals surface area contributed by atoms with Gasteiger partial charge in [0.25, 0.3) is 0 Å². The lowest BCUT2D eigenvalue weighted by Crippen LogP contribution is -2.12. The number of aromatic nitrogens is 1. The van der Waals surface area contributed by atoms with Gasteiger partial charge in [0.1, 0.15) is 23.5 Å². The van der Waals surface area contributed by atoms with Crippen LogP contribution in [0.1, 0.15) is 5.69 Å². The third-order valence-corrected chi connectivity index (χ3v) is 1.39. The van der Waals surface area contributed by atoms with Crippen molar-refractivity contribution in [3.8, 4) is 0 Å². The van der Waals surface area contributed by atoms with Crippen molar-refractivity contribution >= 4 is 23.2 Å². The summed E-state index contributed by atoms with van der Waals surface area (Å²) in [5, 5.41) is 6.08. The summed E-state index contributed by atoms with van der Waals surface area (Å²) in [6, 6.07) is 0. The Morgan fingerprint density at radius 3 is 3.09 bits per heavy atom. The van der Waals surface area contributed by atoms with E-state index in [2.05, 4.69) is 15.0 Å². The summed E-state index contributed by atoms with van der Waals surface area (Å²) < 4.78 is 4.58. The molecule has 0 atom stereocenters. The van der Waals surface area contributed by atoms with Crippen LogP contribution in [0.3, 0.4) is 0 Å². The summed E-state index contributed by atoms with van der Waals surface area (Å²) in [6.45, 7) is 1.73. The van der Waals surface area contributed by atoms with E-state index < -0.39 is 0 Å². The number of carbonyl (C=O) groups excluding carboxylic acids is 1. The van der Waals surface area contributed by atoms with E-state index in [-0.39, 0.29) is 11.8 Å². The van der Waals surface area contributed by atoms with Gasteiger partial charge < -0.3 is 9.84 Å². The first kappa shape index (κ1) is 8.07. The third kappa shape index (κ3) is 1.94. The number of carbonyl (C=O) groups is 1. The van der Waals surface area contributed by atoms with Crippen LogP contribution in [0.4, 0.5) is 5.69 Å². The smallest absolute Gasteiger partial charge is 0.239 e. The molecule has 4 nitrogen and oxygen atoms in total. The summed E-state index contributed by atoms with van der Waals surface area (Å²) in [5.74, 6) is -0.331. The molecule has 0 spiro atoms. The van der Waals surface area contributed by atoms with Gasteiger partial charge in [-0.3, -0.25) is 4.79 Å².